The summed E-state index contributed by atoms with van der Waals surface area (Å²) < 4.78 is 42.9. The van der Waals surface area contributed by atoms with Crippen molar-refractivity contribution in [3.8, 4) is 34.5 Å². The summed E-state index contributed by atoms with van der Waals surface area (Å²) in [4.78, 5) is 45.5. The Hall–Kier alpha value is -6.83. The fourth-order valence-corrected chi connectivity index (χ4v) is 10.7. The lowest BCUT2D eigenvalue weighted by Crippen LogP contribution is -2.49. The zero-order valence-electron chi connectivity index (χ0n) is 45.1. The summed E-state index contributed by atoms with van der Waals surface area (Å²) in [5.41, 5.74) is 4.46. The predicted octanol–water partition coefficient (Wildman–Crippen LogP) is 6.70. The molecule has 0 spiro atoms. The molecule has 0 atom stereocenters. The highest BCUT2D eigenvalue weighted by atomic mass is 16.6. The van der Waals surface area contributed by atoms with Crippen LogP contribution in [0.15, 0.2) is 94.5 Å². The molecule has 18 nitrogen and oxygen atoms in total. The van der Waals surface area contributed by atoms with Crippen molar-refractivity contribution in [2.75, 3.05) is 79.9 Å². The molecule has 2 fully saturated rings. The van der Waals surface area contributed by atoms with Crippen LogP contribution in [0.5, 0.6) is 34.5 Å². The number of aliphatic hydroxyl groups excluding tert-OH is 2. The molecule has 10 rings (SSSR count). The molecule has 2 saturated heterocycles. The van der Waals surface area contributed by atoms with Gasteiger partial charge in [-0.05, 0) is 130 Å². The fourth-order valence-electron chi connectivity index (χ4n) is 10.7. The van der Waals surface area contributed by atoms with Crippen molar-refractivity contribution in [1.82, 2.24) is 29.2 Å². The highest BCUT2D eigenvalue weighted by Gasteiger charge is 2.32. The van der Waals surface area contributed by atoms with E-state index in [4.69, 9.17) is 33.2 Å². The number of hydrogen-bond acceptors (Lipinski definition) is 15. The Morgan fingerprint density at radius 3 is 1.56 bits per heavy atom. The average molecular weight is 1060 g/mol. The van der Waals surface area contributed by atoms with Crippen LogP contribution < -0.4 is 44.9 Å². The summed E-state index contributed by atoms with van der Waals surface area (Å²) >= 11 is 0. The number of hydrogen-bond donors (Lipinski definition) is 3. The van der Waals surface area contributed by atoms with E-state index >= 15 is 0 Å². The molecule has 4 aromatic carbocycles. The number of benzene rings is 4. The number of likely N-dealkylation sites (tertiary alicyclic amines) is 2. The van der Waals surface area contributed by atoms with Crippen molar-refractivity contribution < 1.29 is 48.2 Å². The number of carbonyl (C=O) groups is 1. The van der Waals surface area contributed by atoms with Gasteiger partial charge in [-0.25, -0.2) is 4.79 Å². The van der Waals surface area contributed by atoms with Crippen LogP contribution >= 0.6 is 0 Å². The van der Waals surface area contributed by atoms with E-state index in [1.54, 1.807) is 53.7 Å². The van der Waals surface area contributed by atoms with Crippen molar-refractivity contribution in [3.05, 3.63) is 128 Å². The number of amides is 1. The maximum atomic E-state index is 13.4. The number of methoxy groups -OCH3 is 2. The van der Waals surface area contributed by atoms with Gasteiger partial charge < -0.3 is 72.5 Å². The number of piperidine rings is 2. The van der Waals surface area contributed by atoms with Gasteiger partial charge in [0.1, 0.15) is 43.5 Å². The molecule has 2 aromatic heterocycles. The minimum atomic E-state index is -0.604. The molecule has 0 saturated carbocycles. The van der Waals surface area contributed by atoms with Gasteiger partial charge in [-0.1, -0.05) is 12.1 Å². The molecule has 77 heavy (non-hydrogen) atoms. The van der Waals surface area contributed by atoms with Gasteiger partial charge in [-0.2, -0.15) is 0 Å². The number of aromatic nitrogens is 2. The van der Waals surface area contributed by atoms with Gasteiger partial charge in [0.05, 0.1) is 38.5 Å². The van der Waals surface area contributed by atoms with Crippen molar-refractivity contribution in [1.29, 1.82) is 0 Å². The van der Waals surface area contributed by atoms with Gasteiger partial charge in [0.2, 0.25) is 0 Å². The topological polar surface area (TPSA) is 188 Å². The van der Waals surface area contributed by atoms with E-state index in [-0.39, 0.29) is 36.5 Å². The molecule has 412 valence electrons. The molecule has 3 N–H and O–H groups in total. The third kappa shape index (κ3) is 13.7. The molecular weight excluding hydrogens is 985 g/mol. The first-order chi connectivity index (χ1) is 37.3. The third-order valence-corrected chi connectivity index (χ3v) is 14.8. The first-order valence-corrected chi connectivity index (χ1v) is 26.9. The van der Waals surface area contributed by atoms with Crippen molar-refractivity contribution in [2.24, 2.45) is 0 Å². The summed E-state index contributed by atoms with van der Waals surface area (Å²) in [6.45, 7) is 15.0. The second kappa shape index (κ2) is 25.1. The molecule has 6 heterocycles. The number of ether oxygens (including phenoxy) is 7. The van der Waals surface area contributed by atoms with Gasteiger partial charge in [0, 0.05) is 99.5 Å². The summed E-state index contributed by atoms with van der Waals surface area (Å²) in [6, 6.07) is 26.5. The molecule has 18 heteroatoms. The van der Waals surface area contributed by atoms with Gasteiger partial charge in [0.25, 0.3) is 11.1 Å². The lowest BCUT2D eigenvalue weighted by Gasteiger charge is -2.39. The second-order valence-corrected chi connectivity index (χ2v) is 21.0. The van der Waals surface area contributed by atoms with Crippen LogP contribution in [0.1, 0.15) is 68.7 Å². The molecule has 1 amide bonds. The third-order valence-electron chi connectivity index (χ3n) is 14.8. The lowest BCUT2D eigenvalue weighted by atomic mass is 10.0. The molecule has 0 bridgehead atoms. The van der Waals surface area contributed by atoms with Crippen molar-refractivity contribution >= 4 is 27.9 Å². The van der Waals surface area contributed by atoms with Crippen molar-refractivity contribution in [2.45, 2.75) is 104 Å². The molecule has 0 aliphatic carbocycles. The summed E-state index contributed by atoms with van der Waals surface area (Å²) in [6.07, 6.45) is 3.38. The largest absolute Gasteiger partial charge is 0.497 e. The average Bonchev–Trinajstić information content (AvgIpc) is 3.47. The van der Waals surface area contributed by atoms with Crippen LogP contribution in [0.3, 0.4) is 0 Å². The monoisotopic (exact) mass is 1060 g/mol. The number of aliphatic hydroxyl groups is 2. The maximum absolute atomic E-state index is 13.4. The van der Waals surface area contributed by atoms with Gasteiger partial charge >= 0.3 is 6.09 Å². The molecule has 4 aliphatic heterocycles. The predicted molar refractivity (Wildman–Crippen MR) is 294 cm³/mol. The maximum Gasteiger partial charge on any atom is 0.410 e. The second-order valence-electron chi connectivity index (χ2n) is 21.0. The summed E-state index contributed by atoms with van der Waals surface area (Å²) in [5.74, 6) is 4.32. The first-order valence-electron chi connectivity index (χ1n) is 26.9. The van der Waals surface area contributed by atoms with Crippen LogP contribution in [0.4, 0.5) is 4.79 Å². The Morgan fingerprint density at radius 1 is 0.610 bits per heavy atom. The molecule has 4 aliphatic rings. The molecule has 0 unspecified atom stereocenters. The standard InChI is InChI=1S/C32H41N3O7.C27H33N3O5/c1-32(2,3)42-31(38)35(20-22-5-7-28-29(17-22)41-16-15-40-28)24-9-11-33(12-10-24)13-14-34-27-19-25(39-4)18-23(21-36)26(27)6-8-30(34)37;1-33-22-15-20(18-31)23-3-5-27(32)30(24(23)16-22)11-10-29-8-6-21(7-9-29)28-17-19-2-4-25-26(14-19)35-13-12-34-25/h5-8,17-19,24,36H,9-16,20-21H2,1-4H3;2-5,14-16,21,28,31H,6-13,17-18H2,1H3. The first kappa shape index (κ1) is 54.9. The Kier molecular flexibility index (Phi) is 17.9. The zero-order valence-corrected chi connectivity index (χ0v) is 45.1. The smallest absolute Gasteiger partial charge is 0.410 e. The normalized spacial score (nSPS) is 16.2. The van der Waals surface area contributed by atoms with Crippen molar-refractivity contribution in [3.63, 3.8) is 0 Å². The van der Waals surface area contributed by atoms with Gasteiger partial charge in [-0.3, -0.25) is 9.59 Å². The van der Waals surface area contributed by atoms with E-state index in [9.17, 15) is 24.6 Å². The van der Waals surface area contributed by atoms with E-state index < -0.39 is 5.60 Å². The Morgan fingerprint density at radius 2 is 1.08 bits per heavy atom. The lowest BCUT2D eigenvalue weighted by molar-refractivity contribution is 0.00561. The number of nitrogens with zero attached hydrogens (tertiary/aromatic N) is 5. The van der Waals surface area contributed by atoms with Gasteiger partial charge in [-0.15, -0.1) is 0 Å². The zero-order chi connectivity index (χ0) is 54.1. The minimum absolute atomic E-state index is 0.0148. The minimum Gasteiger partial charge on any atom is -0.497 e. The Labute approximate surface area is 449 Å². The fraction of sp³-hybridized carbons (Fsp3) is 0.475. The van der Waals surface area contributed by atoms with E-state index in [1.807, 2.05) is 68.1 Å². The van der Waals surface area contributed by atoms with E-state index in [0.29, 0.717) is 75.9 Å². The number of fused-ring (bicyclic) bond motifs is 4. The number of nitrogens with one attached hydrogen (secondary N) is 1. The SMILES string of the molecule is COc1cc(CO)c2ccc(=O)n(CCN3CCC(N(Cc4ccc5c(c4)OCCO5)C(=O)OC(C)(C)C)CC3)c2c1.COc1cc(CO)c2ccc(=O)n(CCN3CCC(NCc4ccc5c(c4)OCCO5)CC3)c2c1. The Bertz CT molecular complexity index is 3120. The summed E-state index contributed by atoms with van der Waals surface area (Å²) in [5, 5.41) is 25.0. The van der Waals surface area contributed by atoms with Crippen LogP contribution in [-0.2, 0) is 44.1 Å². The summed E-state index contributed by atoms with van der Waals surface area (Å²) in [7, 11) is 3.17. The van der Waals surface area contributed by atoms with Crippen LogP contribution in [0.25, 0.3) is 21.8 Å². The molecule has 0 radical (unpaired) electrons. The van der Waals surface area contributed by atoms with E-state index in [0.717, 1.165) is 121 Å². The quantitative estimate of drug-likeness (QED) is 0.0929. The highest BCUT2D eigenvalue weighted by Crippen LogP contribution is 2.34. The number of pyridine rings is 2. The van der Waals surface area contributed by atoms with Crippen LogP contribution in [0, 0.1) is 0 Å². The number of rotatable bonds is 16. The van der Waals surface area contributed by atoms with E-state index in [1.165, 1.54) is 5.56 Å². The highest BCUT2D eigenvalue weighted by molar-refractivity contribution is 5.85. The van der Waals surface area contributed by atoms with Gasteiger partial charge in [0.15, 0.2) is 23.0 Å². The van der Waals surface area contributed by atoms with Crippen LogP contribution in [-0.4, -0.2) is 138 Å². The molecular formula is C59H74N6O12. The van der Waals surface area contributed by atoms with E-state index in [2.05, 4.69) is 27.2 Å². The number of carbonyl (C=O) groups excluding carboxylic acids is 1. The Balaban J connectivity index is 0.000000191. The molecule has 6 aromatic rings. The van der Waals surface area contributed by atoms with Crippen LogP contribution in [0.2, 0.25) is 0 Å².